The van der Waals surface area contributed by atoms with Gasteiger partial charge in [-0.2, -0.15) is 4.98 Å². The van der Waals surface area contributed by atoms with Crippen LogP contribution in [0.3, 0.4) is 0 Å². The van der Waals surface area contributed by atoms with Gasteiger partial charge in [0.25, 0.3) is 0 Å². The second-order valence-corrected chi connectivity index (χ2v) is 3.72. The van der Waals surface area contributed by atoms with Crippen LogP contribution in [-0.4, -0.2) is 30.6 Å². The van der Waals surface area contributed by atoms with Gasteiger partial charge in [0.05, 0.1) is 0 Å². The maximum absolute atomic E-state index is 4.48. The van der Waals surface area contributed by atoms with Crippen molar-refractivity contribution in [2.75, 3.05) is 30.9 Å². The molecule has 0 fully saturated rings. The minimum atomic E-state index is 0.775. The number of aromatic nitrogens is 2. The maximum Gasteiger partial charge on any atom is 0.226 e. The Morgan fingerprint density at radius 3 is 2.53 bits per heavy atom. The second-order valence-electron chi connectivity index (χ2n) is 3.72. The molecule has 0 saturated heterocycles. The van der Waals surface area contributed by atoms with E-state index in [1.54, 1.807) is 0 Å². The first-order chi connectivity index (χ1) is 7.17. The molecule has 15 heavy (non-hydrogen) atoms. The van der Waals surface area contributed by atoms with E-state index in [1.807, 2.05) is 25.1 Å². The monoisotopic (exact) mass is 208 g/mol. The number of rotatable bonds is 5. The summed E-state index contributed by atoms with van der Waals surface area (Å²) >= 11 is 0. The van der Waals surface area contributed by atoms with Crippen molar-refractivity contribution in [3.63, 3.8) is 0 Å². The fourth-order valence-corrected chi connectivity index (χ4v) is 1.34. The Bertz CT molecular complexity index is 285. The fraction of sp³-hybridized carbons (Fsp3) is 0.636. The van der Waals surface area contributed by atoms with Crippen molar-refractivity contribution >= 4 is 11.8 Å². The van der Waals surface area contributed by atoms with Crippen molar-refractivity contribution in [2.24, 2.45) is 0 Å². The Morgan fingerprint density at radius 2 is 2.00 bits per heavy atom. The van der Waals surface area contributed by atoms with Gasteiger partial charge in [-0.05, 0) is 13.3 Å². The summed E-state index contributed by atoms with van der Waals surface area (Å²) < 4.78 is 0. The Morgan fingerprint density at radius 1 is 1.27 bits per heavy atom. The zero-order valence-corrected chi connectivity index (χ0v) is 10.0. The first-order valence-corrected chi connectivity index (χ1v) is 5.46. The Hall–Kier alpha value is -1.32. The van der Waals surface area contributed by atoms with Gasteiger partial charge in [-0.1, -0.05) is 13.3 Å². The van der Waals surface area contributed by atoms with E-state index in [4.69, 9.17) is 0 Å². The average molecular weight is 208 g/mol. The molecule has 0 radical (unpaired) electrons. The number of anilines is 2. The summed E-state index contributed by atoms with van der Waals surface area (Å²) in [5, 5.41) is 3.22. The van der Waals surface area contributed by atoms with E-state index in [0.717, 1.165) is 36.8 Å². The van der Waals surface area contributed by atoms with Gasteiger partial charge < -0.3 is 10.2 Å². The number of hydrogen-bond donors (Lipinski definition) is 1. The largest absolute Gasteiger partial charge is 0.370 e. The standard InChI is InChI=1S/C11H20N4/c1-5-7-9-8-10(12-6-2)14-11(13-9)15(3)4/h8H,5-7H2,1-4H3,(H,12,13,14). The smallest absolute Gasteiger partial charge is 0.226 e. The third-order valence-corrected chi connectivity index (χ3v) is 2.03. The molecule has 1 N–H and O–H groups in total. The molecule has 0 unspecified atom stereocenters. The van der Waals surface area contributed by atoms with E-state index >= 15 is 0 Å². The summed E-state index contributed by atoms with van der Waals surface area (Å²) in [6.07, 6.45) is 2.11. The third kappa shape index (κ3) is 3.38. The van der Waals surface area contributed by atoms with Crippen LogP contribution in [0, 0.1) is 0 Å². The fourth-order valence-electron chi connectivity index (χ4n) is 1.34. The van der Waals surface area contributed by atoms with Crippen LogP contribution in [0.25, 0.3) is 0 Å². The topological polar surface area (TPSA) is 41.1 Å². The summed E-state index contributed by atoms with van der Waals surface area (Å²) in [5.74, 6) is 1.69. The van der Waals surface area contributed by atoms with Gasteiger partial charge in [0, 0.05) is 32.4 Å². The molecule has 1 rings (SSSR count). The van der Waals surface area contributed by atoms with Gasteiger partial charge in [0.1, 0.15) is 5.82 Å². The lowest BCUT2D eigenvalue weighted by Gasteiger charge is -2.13. The molecule has 4 heteroatoms. The highest BCUT2D eigenvalue weighted by Gasteiger charge is 2.04. The van der Waals surface area contributed by atoms with Crippen LogP contribution in [0.2, 0.25) is 0 Å². The quantitative estimate of drug-likeness (QED) is 0.802. The van der Waals surface area contributed by atoms with Crippen LogP contribution in [0.4, 0.5) is 11.8 Å². The molecule has 0 aliphatic rings. The van der Waals surface area contributed by atoms with Crippen LogP contribution >= 0.6 is 0 Å². The van der Waals surface area contributed by atoms with Crippen molar-refractivity contribution in [3.05, 3.63) is 11.8 Å². The Labute approximate surface area is 91.7 Å². The zero-order valence-electron chi connectivity index (χ0n) is 10.0. The number of hydrogen-bond acceptors (Lipinski definition) is 4. The Kier molecular flexibility index (Phi) is 4.34. The van der Waals surface area contributed by atoms with Crippen molar-refractivity contribution in [1.29, 1.82) is 0 Å². The summed E-state index contributed by atoms with van der Waals surface area (Å²) in [6, 6.07) is 2.03. The third-order valence-electron chi connectivity index (χ3n) is 2.03. The molecule has 4 nitrogen and oxygen atoms in total. The van der Waals surface area contributed by atoms with E-state index in [2.05, 4.69) is 29.1 Å². The molecule has 0 aliphatic carbocycles. The Balaban J connectivity index is 2.97. The summed E-state index contributed by atoms with van der Waals surface area (Å²) in [6.45, 7) is 5.11. The molecular weight excluding hydrogens is 188 g/mol. The average Bonchev–Trinajstić information content (AvgIpc) is 2.18. The van der Waals surface area contributed by atoms with Crippen LogP contribution < -0.4 is 10.2 Å². The van der Waals surface area contributed by atoms with Gasteiger partial charge in [0.15, 0.2) is 0 Å². The SMILES string of the molecule is CCCc1cc(NCC)nc(N(C)C)n1. The molecule has 0 atom stereocenters. The minimum absolute atomic E-state index is 0.775. The van der Waals surface area contributed by atoms with Crippen molar-refractivity contribution in [2.45, 2.75) is 26.7 Å². The number of aryl methyl sites for hydroxylation is 1. The van der Waals surface area contributed by atoms with E-state index in [9.17, 15) is 0 Å². The van der Waals surface area contributed by atoms with Crippen LogP contribution in [-0.2, 0) is 6.42 Å². The molecule has 1 aromatic heterocycles. The van der Waals surface area contributed by atoms with Gasteiger partial charge in [0.2, 0.25) is 5.95 Å². The maximum atomic E-state index is 4.48. The highest BCUT2D eigenvalue weighted by Crippen LogP contribution is 2.13. The van der Waals surface area contributed by atoms with Gasteiger partial charge in [-0.25, -0.2) is 4.98 Å². The molecule has 0 spiro atoms. The zero-order chi connectivity index (χ0) is 11.3. The summed E-state index contributed by atoms with van der Waals surface area (Å²) in [7, 11) is 3.92. The molecule has 0 aliphatic heterocycles. The highest BCUT2D eigenvalue weighted by molar-refractivity contribution is 5.43. The van der Waals surface area contributed by atoms with Gasteiger partial charge in [-0.3, -0.25) is 0 Å². The van der Waals surface area contributed by atoms with E-state index < -0.39 is 0 Å². The van der Waals surface area contributed by atoms with Crippen molar-refractivity contribution in [3.8, 4) is 0 Å². The molecule has 1 aromatic rings. The van der Waals surface area contributed by atoms with Crippen LogP contribution in [0.5, 0.6) is 0 Å². The molecule has 0 bridgehead atoms. The first-order valence-electron chi connectivity index (χ1n) is 5.46. The lowest BCUT2D eigenvalue weighted by Crippen LogP contribution is -2.15. The normalized spacial score (nSPS) is 10.1. The molecular formula is C11H20N4. The van der Waals surface area contributed by atoms with Crippen LogP contribution in [0.1, 0.15) is 26.0 Å². The number of nitrogens with zero attached hydrogens (tertiary/aromatic N) is 3. The summed E-state index contributed by atoms with van der Waals surface area (Å²) in [5.41, 5.74) is 1.10. The molecule has 84 valence electrons. The van der Waals surface area contributed by atoms with Gasteiger partial charge in [-0.15, -0.1) is 0 Å². The molecule has 0 amide bonds. The van der Waals surface area contributed by atoms with Crippen molar-refractivity contribution in [1.82, 2.24) is 9.97 Å². The first kappa shape index (κ1) is 11.8. The molecule has 1 heterocycles. The van der Waals surface area contributed by atoms with Crippen LogP contribution in [0.15, 0.2) is 6.07 Å². The minimum Gasteiger partial charge on any atom is -0.370 e. The van der Waals surface area contributed by atoms with Crippen molar-refractivity contribution < 1.29 is 0 Å². The van der Waals surface area contributed by atoms with E-state index in [1.165, 1.54) is 0 Å². The number of nitrogens with one attached hydrogen (secondary N) is 1. The predicted molar refractivity (Wildman–Crippen MR) is 64.5 cm³/mol. The lowest BCUT2D eigenvalue weighted by atomic mass is 10.2. The lowest BCUT2D eigenvalue weighted by molar-refractivity contribution is 0.860. The van der Waals surface area contributed by atoms with E-state index in [-0.39, 0.29) is 0 Å². The summed E-state index contributed by atoms with van der Waals surface area (Å²) in [4.78, 5) is 10.8. The predicted octanol–water partition coefficient (Wildman–Crippen LogP) is 1.93. The van der Waals surface area contributed by atoms with Gasteiger partial charge >= 0.3 is 0 Å². The molecule has 0 aromatic carbocycles. The molecule has 0 saturated carbocycles. The second kappa shape index (κ2) is 5.53. The highest BCUT2D eigenvalue weighted by atomic mass is 15.2. The van der Waals surface area contributed by atoms with E-state index in [0.29, 0.717) is 0 Å².